The molecule has 1 saturated carbocycles. The van der Waals surface area contributed by atoms with Crippen LogP contribution in [0.15, 0.2) is 42.5 Å². The Morgan fingerprint density at radius 2 is 1.75 bits per heavy atom. The first-order valence-electron chi connectivity index (χ1n) is 5.52. The molecule has 0 aromatic heterocycles. The van der Waals surface area contributed by atoms with E-state index in [2.05, 4.69) is 0 Å². The molecule has 3 rings (SSSR count). The highest BCUT2D eigenvalue weighted by molar-refractivity contribution is 5.83. The van der Waals surface area contributed by atoms with Gasteiger partial charge in [0, 0.05) is 5.92 Å². The smallest absolute Gasteiger partial charge is 0.210 e. The quantitative estimate of drug-likeness (QED) is 0.708. The number of hydrogen-bond donors (Lipinski definition) is 0. The predicted molar refractivity (Wildman–Crippen MR) is 60.8 cm³/mol. The molecule has 2 atom stereocenters. The first-order valence-corrected chi connectivity index (χ1v) is 5.52. The van der Waals surface area contributed by atoms with Gasteiger partial charge < -0.3 is 0 Å². The molecule has 0 N–H and O–H groups in total. The predicted octanol–water partition coefficient (Wildman–Crippen LogP) is 4.21. The van der Waals surface area contributed by atoms with Gasteiger partial charge in [-0.05, 0) is 28.7 Å². The standard InChI is InChI=1S/C14H12F2/c15-14(16)13-8-12(13)11-6-5-9-3-1-2-4-10(9)7-11/h1-7,12-14H,8H2. The number of rotatable bonds is 2. The molecule has 0 heterocycles. The van der Waals surface area contributed by atoms with Gasteiger partial charge >= 0.3 is 0 Å². The molecular formula is C14H12F2. The van der Waals surface area contributed by atoms with Crippen molar-refractivity contribution in [2.45, 2.75) is 18.8 Å². The van der Waals surface area contributed by atoms with Crippen molar-refractivity contribution in [2.75, 3.05) is 0 Å². The van der Waals surface area contributed by atoms with Crippen LogP contribution in [0.5, 0.6) is 0 Å². The van der Waals surface area contributed by atoms with E-state index in [1.807, 2.05) is 42.5 Å². The lowest BCUT2D eigenvalue weighted by molar-refractivity contribution is 0.120. The zero-order valence-electron chi connectivity index (χ0n) is 8.74. The highest BCUT2D eigenvalue weighted by Crippen LogP contribution is 2.51. The average molecular weight is 218 g/mol. The average Bonchev–Trinajstić information content (AvgIpc) is 3.08. The molecule has 2 aromatic carbocycles. The van der Waals surface area contributed by atoms with Crippen molar-refractivity contribution in [1.29, 1.82) is 0 Å². The molecule has 0 saturated heterocycles. The lowest BCUT2D eigenvalue weighted by atomic mass is 10.0. The number of benzene rings is 2. The van der Waals surface area contributed by atoms with Gasteiger partial charge in [-0.3, -0.25) is 0 Å². The van der Waals surface area contributed by atoms with Crippen molar-refractivity contribution >= 4 is 10.8 Å². The molecule has 16 heavy (non-hydrogen) atoms. The molecule has 0 radical (unpaired) electrons. The second-order valence-corrected chi connectivity index (χ2v) is 4.45. The Morgan fingerprint density at radius 1 is 1.00 bits per heavy atom. The number of hydrogen-bond acceptors (Lipinski definition) is 0. The maximum absolute atomic E-state index is 12.5. The maximum atomic E-state index is 12.5. The van der Waals surface area contributed by atoms with Crippen molar-refractivity contribution in [1.82, 2.24) is 0 Å². The van der Waals surface area contributed by atoms with Crippen LogP contribution in [0.3, 0.4) is 0 Å². The molecule has 0 aliphatic heterocycles. The Morgan fingerprint density at radius 3 is 2.44 bits per heavy atom. The van der Waals surface area contributed by atoms with Crippen molar-refractivity contribution < 1.29 is 8.78 Å². The summed E-state index contributed by atoms with van der Waals surface area (Å²) in [4.78, 5) is 0. The van der Waals surface area contributed by atoms with Crippen LogP contribution in [-0.2, 0) is 0 Å². The van der Waals surface area contributed by atoms with Crippen LogP contribution in [0.25, 0.3) is 10.8 Å². The number of fused-ring (bicyclic) bond motifs is 1. The molecule has 0 nitrogen and oxygen atoms in total. The van der Waals surface area contributed by atoms with E-state index < -0.39 is 12.3 Å². The highest BCUT2D eigenvalue weighted by atomic mass is 19.3. The van der Waals surface area contributed by atoms with Gasteiger partial charge in [0.05, 0.1) is 0 Å². The Kier molecular flexibility index (Phi) is 2.16. The lowest BCUT2D eigenvalue weighted by Crippen LogP contribution is -1.95. The summed E-state index contributed by atoms with van der Waals surface area (Å²) < 4.78 is 24.9. The van der Waals surface area contributed by atoms with Gasteiger partial charge in [0.2, 0.25) is 6.43 Å². The molecule has 2 aromatic rings. The van der Waals surface area contributed by atoms with Gasteiger partial charge in [0.1, 0.15) is 0 Å². The fourth-order valence-electron chi connectivity index (χ4n) is 2.31. The Bertz CT molecular complexity index is 519. The first kappa shape index (κ1) is 9.76. The first-order chi connectivity index (χ1) is 7.75. The monoisotopic (exact) mass is 218 g/mol. The number of halogens is 2. The third-order valence-electron chi connectivity index (χ3n) is 3.37. The topological polar surface area (TPSA) is 0 Å². The van der Waals surface area contributed by atoms with Crippen LogP contribution in [0.1, 0.15) is 17.9 Å². The molecular weight excluding hydrogens is 206 g/mol. The van der Waals surface area contributed by atoms with E-state index in [0.29, 0.717) is 6.42 Å². The zero-order valence-corrected chi connectivity index (χ0v) is 8.74. The minimum absolute atomic E-state index is 0.0737. The molecule has 2 unspecified atom stereocenters. The fourth-order valence-corrected chi connectivity index (χ4v) is 2.31. The van der Waals surface area contributed by atoms with E-state index in [1.165, 1.54) is 5.39 Å². The molecule has 0 bridgehead atoms. The minimum atomic E-state index is -2.17. The van der Waals surface area contributed by atoms with E-state index in [4.69, 9.17) is 0 Å². The summed E-state index contributed by atoms with van der Waals surface area (Å²) in [5.74, 6) is -0.342. The van der Waals surface area contributed by atoms with E-state index in [1.54, 1.807) is 0 Å². The van der Waals surface area contributed by atoms with E-state index in [9.17, 15) is 8.78 Å². The zero-order chi connectivity index (χ0) is 11.1. The molecule has 82 valence electrons. The summed E-state index contributed by atoms with van der Waals surface area (Å²) >= 11 is 0. The van der Waals surface area contributed by atoms with E-state index >= 15 is 0 Å². The number of alkyl halides is 2. The molecule has 1 fully saturated rings. The van der Waals surface area contributed by atoms with Crippen LogP contribution >= 0.6 is 0 Å². The maximum Gasteiger partial charge on any atom is 0.242 e. The van der Waals surface area contributed by atoms with Crippen molar-refractivity contribution in [3.05, 3.63) is 48.0 Å². The Hall–Kier alpha value is -1.44. The van der Waals surface area contributed by atoms with Gasteiger partial charge in [-0.1, -0.05) is 42.5 Å². The van der Waals surface area contributed by atoms with Crippen LogP contribution in [0.4, 0.5) is 8.78 Å². The SMILES string of the molecule is FC(F)C1CC1c1ccc2ccccc2c1. The molecule has 1 aliphatic rings. The summed E-state index contributed by atoms with van der Waals surface area (Å²) in [6, 6.07) is 14.1. The van der Waals surface area contributed by atoms with E-state index in [0.717, 1.165) is 10.9 Å². The third-order valence-corrected chi connectivity index (χ3v) is 3.37. The van der Waals surface area contributed by atoms with Crippen LogP contribution in [-0.4, -0.2) is 6.43 Å². The van der Waals surface area contributed by atoms with Crippen LogP contribution in [0, 0.1) is 5.92 Å². The molecule has 2 heteroatoms. The second kappa shape index (κ2) is 3.55. The van der Waals surface area contributed by atoms with E-state index in [-0.39, 0.29) is 5.92 Å². The van der Waals surface area contributed by atoms with Gasteiger partial charge in [0.25, 0.3) is 0 Å². The largest absolute Gasteiger partial charge is 0.242 e. The highest BCUT2D eigenvalue weighted by Gasteiger charge is 2.44. The fraction of sp³-hybridized carbons (Fsp3) is 0.286. The van der Waals surface area contributed by atoms with Gasteiger partial charge in [0.15, 0.2) is 0 Å². The van der Waals surface area contributed by atoms with Gasteiger partial charge in [-0.2, -0.15) is 0 Å². The third kappa shape index (κ3) is 1.58. The van der Waals surface area contributed by atoms with Crippen molar-refractivity contribution in [3.8, 4) is 0 Å². The summed E-state index contributed by atoms with van der Waals surface area (Å²) in [7, 11) is 0. The van der Waals surface area contributed by atoms with Crippen LogP contribution in [0.2, 0.25) is 0 Å². The van der Waals surface area contributed by atoms with Crippen molar-refractivity contribution in [3.63, 3.8) is 0 Å². The lowest BCUT2D eigenvalue weighted by Gasteiger charge is -2.03. The summed E-state index contributed by atoms with van der Waals surface area (Å²) in [5, 5.41) is 2.31. The Balaban J connectivity index is 1.95. The molecule has 0 spiro atoms. The van der Waals surface area contributed by atoms with Crippen LogP contribution < -0.4 is 0 Å². The minimum Gasteiger partial charge on any atom is -0.210 e. The second-order valence-electron chi connectivity index (χ2n) is 4.45. The van der Waals surface area contributed by atoms with Crippen molar-refractivity contribution in [2.24, 2.45) is 5.92 Å². The summed E-state index contributed by atoms with van der Waals surface area (Å²) in [6.07, 6.45) is -1.54. The summed E-state index contributed by atoms with van der Waals surface area (Å²) in [5.41, 5.74) is 1.06. The molecule has 1 aliphatic carbocycles. The van der Waals surface area contributed by atoms with Gasteiger partial charge in [-0.25, -0.2) is 8.78 Å². The molecule has 0 amide bonds. The van der Waals surface area contributed by atoms with Gasteiger partial charge in [-0.15, -0.1) is 0 Å². The summed E-state index contributed by atoms with van der Waals surface area (Å²) in [6.45, 7) is 0. The normalized spacial score (nSPS) is 23.9. The Labute approximate surface area is 92.9 Å².